The molecule has 3 N–H and O–H groups in total. The first-order valence-electron chi connectivity index (χ1n) is 3.50. The maximum atomic E-state index is 6.97. The average Bonchev–Trinajstić information content (AvgIpc) is 1.58. The Bertz CT molecular complexity index is 112. The zero-order chi connectivity index (χ0) is 8.15. The van der Waals surface area contributed by atoms with E-state index in [4.69, 9.17) is 15.9 Å². The summed E-state index contributed by atoms with van der Waals surface area (Å²) in [4.78, 5) is 0. The molecule has 0 fully saturated rings. The third-order valence-electron chi connectivity index (χ3n) is 1.01. The molecule has 10 heavy (non-hydrogen) atoms. The summed E-state index contributed by atoms with van der Waals surface area (Å²) in [5, 5.41) is 6.97. The maximum absolute atomic E-state index is 6.97. The summed E-state index contributed by atoms with van der Waals surface area (Å²) in [5.41, 5.74) is 5.17. The number of rotatable bonds is 4. The topological polar surface area (TPSA) is 59.1 Å². The van der Waals surface area contributed by atoms with Crippen LogP contribution in [0.15, 0.2) is 0 Å². The van der Waals surface area contributed by atoms with E-state index in [0.717, 1.165) is 0 Å². The lowest BCUT2D eigenvalue weighted by Gasteiger charge is -2.14. The van der Waals surface area contributed by atoms with Crippen LogP contribution in [0.25, 0.3) is 0 Å². The Morgan fingerprint density at radius 3 is 2.30 bits per heavy atom. The van der Waals surface area contributed by atoms with E-state index in [1.807, 2.05) is 20.8 Å². The zero-order valence-electron chi connectivity index (χ0n) is 6.85. The molecule has 0 heterocycles. The first-order chi connectivity index (χ1) is 4.52. The molecule has 60 valence electrons. The molecule has 3 nitrogen and oxygen atoms in total. The molecule has 0 spiro atoms. The van der Waals surface area contributed by atoms with E-state index >= 15 is 0 Å². The number of hydrogen-bond donors (Lipinski definition) is 2. The van der Waals surface area contributed by atoms with Gasteiger partial charge in [-0.2, -0.15) is 0 Å². The number of amidine groups is 1. The fraction of sp³-hybridized carbons (Fsp3) is 0.857. The van der Waals surface area contributed by atoms with Crippen LogP contribution in [0.4, 0.5) is 0 Å². The van der Waals surface area contributed by atoms with Gasteiger partial charge in [-0.05, 0) is 20.8 Å². The number of hydrogen-bond acceptors (Lipinski definition) is 2. The summed E-state index contributed by atoms with van der Waals surface area (Å²) in [6.45, 7) is 5.86. The van der Waals surface area contributed by atoms with Crippen LogP contribution in [0.1, 0.15) is 27.2 Å². The van der Waals surface area contributed by atoms with Gasteiger partial charge in [0, 0.05) is 6.42 Å². The summed E-state index contributed by atoms with van der Waals surface area (Å²) in [6, 6.07) is 0. The van der Waals surface area contributed by atoms with Crippen LogP contribution >= 0.6 is 0 Å². The van der Waals surface area contributed by atoms with Crippen molar-refractivity contribution in [3.05, 3.63) is 0 Å². The molecule has 0 aliphatic heterocycles. The molecule has 0 saturated carbocycles. The van der Waals surface area contributed by atoms with Crippen molar-refractivity contribution in [1.82, 2.24) is 0 Å². The highest BCUT2D eigenvalue weighted by molar-refractivity contribution is 5.77. The lowest BCUT2D eigenvalue weighted by Crippen LogP contribution is -2.22. The first kappa shape index (κ1) is 9.43. The molecule has 3 heteroatoms. The van der Waals surface area contributed by atoms with E-state index in [1.165, 1.54) is 0 Å². The highest BCUT2D eigenvalue weighted by atomic mass is 16.5. The van der Waals surface area contributed by atoms with Crippen molar-refractivity contribution in [1.29, 1.82) is 5.41 Å². The van der Waals surface area contributed by atoms with Gasteiger partial charge in [0.2, 0.25) is 0 Å². The summed E-state index contributed by atoms with van der Waals surface area (Å²) in [7, 11) is 0. The van der Waals surface area contributed by atoms with Crippen LogP contribution in [0.3, 0.4) is 0 Å². The fourth-order valence-electron chi connectivity index (χ4n) is 0.822. The smallest absolute Gasteiger partial charge is 0.0931 e. The Morgan fingerprint density at radius 2 is 2.00 bits per heavy atom. The van der Waals surface area contributed by atoms with Gasteiger partial charge in [-0.1, -0.05) is 0 Å². The van der Waals surface area contributed by atoms with E-state index in [9.17, 15) is 0 Å². The standard InChI is InChI=1S/C7H16N2O/c1-5(2)10-6(3)4-7(8)9/h5-6H,4H2,1-3H3,(H3,8,9). The van der Waals surface area contributed by atoms with Gasteiger partial charge in [-0.15, -0.1) is 0 Å². The summed E-state index contributed by atoms with van der Waals surface area (Å²) in [5.74, 6) is 0.188. The minimum Gasteiger partial charge on any atom is -0.388 e. The third kappa shape index (κ3) is 5.56. The molecule has 1 atom stereocenters. The third-order valence-corrected chi connectivity index (χ3v) is 1.01. The second kappa shape index (κ2) is 4.28. The van der Waals surface area contributed by atoms with Gasteiger partial charge < -0.3 is 10.5 Å². The molecule has 0 aromatic rings. The molecule has 0 radical (unpaired) electrons. The largest absolute Gasteiger partial charge is 0.388 e. The fourth-order valence-corrected chi connectivity index (χ4v) is 0.822. The van der Waals surface area contributed by atoms with Gasteiger partial charge in [0.05, 0.1) is 18.0 Å². The van der Waals surface area contributed by atoms with Crippen molar-refractivity contribution < 1.29 is 4.74 Å². The number of nitrogens with one attached hydrogen (secondary N) is 1. The van der Waals surface area contributed by atoms with Crippen LogP contribution in [-0.2, 0) is 4.74 Å². The van der Waals surface area contributed by atoms with Crippen LogP contribution in [0.5, 0.6) is 0 Å². The Labute approximate surface area is 62.1 Å². The normalized spacial score (nSPS) is 13.6. The van der Waals surface area contributed by atoms with Crippen LogP contribution in [0, 0.1) is 5.41 Å². The molecule has 0 rings (SSSR count). The summed E-state index contributed by atoms with van der Waals surface area (Å²) >= 11 is 0. The SMILES string of the molecule is CC(C)OC(C)CC(=N)N. The summed E-state index contributed by atoms with van der Waals surface area (Å²) < 4.78 is 5.34. The number of ether oxygens (including phenoxy) is 1. The highest BCUT2D eigenvalue weighted by Gasteiger charge is 2.04. The van der Waals surface area contributed by atoms with Crippen molar-refractivity contribution >= 4 is 5.84 Å². The first-order valence-corrected chi connectivity index (χ1v) is 3.50. The monoisotopic (exact) mass is 144 g/mol. The van der Waals surface area contributed by atoms with Crippen molar-refractivity contribution in [2.75, 3.05) is 0 Å². The molecular weight excluding hydrogens is 128 g/mol. The molecule has 0 saturated heterocycles. The van der Waals surface area contributed by atoms with Gasteiger partial charge in [0.25, 0.3) is 0 Å². The van der Waals surface area contributed by atoms with Crippen molar-refractivity contribution in [3.63, 3.8) is 0 Å². The van der Waals surface area contributed by atoms with E-state index in [1.54, 1.807) is 0 Å². The Hall–Kier alpha value is -0.570. The Morgan fingerprint density at radius 1 is 1.50 bits per heavy atom. The molecule has 0 amide bonds. The Balaban J connectivity index is 3.43. The van der Waals surface area contributed by atoms with Crippen LogP contribution in [-0.4, -0.2) is 18.0 Å². The van der Waals surface area contributed by atoms with Crippen LogP contribution in [0.2, 0.25) is 0 Å². The molecule has 1 unspecified atom stereocenters. The maximum Gasteiger partial charge on any atom is 0.0931 e. The second-order valence-electron chi connectivity index (χ2n) is 2.72. The lowest BCUT2D eigenvalue weighted by molar-refractivity contribution is 0.0231. The van der Waals surface area contributed by atoms with Crippen molar-refractivity contribution in [3.8, 4) is 0 Å². The van der Waals surface area contributed by atoms with Crippen LogP contribution < -0.4 is 5.73 Å². The van der Waals surface area contributed by atoms with Crippen molar-refractivity contribution in [2.24, 2.45) is 5.73 Å². The lowest BCUT2D eigenvalue weighted by atomic mass is 10.2. The van der Waals surface area contributed by atoms with Gasteiger partial charge in [0.15, 0.2) is 0 Å². The highest BCUT2D eigenvalue weighted by Crippen LogP contribution is 2.00. The molecule has 0 aromatic carbocycles. The molecule has 0 aliphatic carbocycles. The second-order valence-corrected chi connectivity index (χ2v) is 2.72. The van der Waals surface area contributed by atoms with E-state index in [0.29, 0.717) is 6.42 Å². The van der Waals surface area contributed by atoms with Gasteiger partial charge in [0.1, 0.15) is 0 Å². The predicted molar refractivity (Wildman–Crippen MR) is 42.2 cm³/mol. The molecule has 0 aliphatic rings. The van der Waals surface area contributed by atoms with E-state index in [2.05, 4.69) is 0 Å². The average molecular weight is 144 g/mol. The minimum absolute atomic E-state index is 0.0671. The number of nitrogens with two attached hydrogens (primary N) is 1. The van der Waals surface area contributed by atoms with Gasteiger partial charge in [-0.3, -0.25) is 5.41 Å². The quantitative estimate of drug-likeness (QED) is 0.459. The molecule has 0 bridgehead atoms. The van der Waals surface area contributed by atoms with E-state index < -0.39 is 0 Å². The van der Waals surface area contributed by atoms with Gasteiger partial charge >= 0.3 is 0 Å². The van der Waals surface area contributed by atoms with Crippen molar-refractivity contribution in [2.45, 2.75) is 39.4 Å². The minimum atomic E-state index is 0.0671. The van der Waals surface area contributed by atoms with E-state index in [-0.39, 0.29) is 18.0 Å². The zero-order valence-corrected chi connectivity index (χ0v) is 6.85. The predicted octanol–water partition coefficient (Wildman–Crippen LogP) is 1.13. The van der Waals surface area contributed by atoms with Gasteiger partial charge in [-0.25, -0.2) is 0 Å². The Kier molecular flexibility index (Phi) is 4.03. The molecular formula is C7H16N2O. The summed E-state index contributed by atoms with van der Waals surface area (Å²) in [6.07, 6.45) is 0.810. The molecule has 0 aromatic heterocycles.